The van der Waals surface area contributed by atoms with Crippen LogP contribution in [0.15, 0.2) is 0 Å². The third kappa shape index (κ3) is 12.9. The van der Waals surface area contributed by atoms with Gasteiger partial charge < -0.3 is 9.84 Å². The largest absolute Gasteiger partial charge is 0.481 e. The Morgan fingerprint density at radius 1 is 1.00 bits per heavy atom. The summed E-state index contributed by atoms with van der Waals surface area (Å²) in [6, 6.07) is 0. The summed E-state index contributed by atoms with van der Waals surface area (Å²) in [7, 11) is 0. The van der Waals surface area contributed by atoms with Gasteiger partial charge in [-0.1, -0.05) is 0 Å². The minimum Gasteiger partial charge on any atom is -0.481 e. The molecule has 0 unspecified atom stereocenters. The van der Waals surface area contributed by atoms with Gasteiger partial charge in [0, 0.05) is 12.8 Å². The maximum absolute atomic E-state index is 11.3. The lowest BCUT2D eigenvalue weighted by molar-refractivity contribution is -0.295. The number of carbonyl (C=O) groups excluding carboxylic acids is 1. The predicted octanol–water partition coefficient (Wildman–Crippen LogP) is 1.92. The molecule has 0 aromatic rings. The molecule has 106 valence electrons. The monoisotopic (exact) mass is 262 g/mol. The van der Waals surface area contributed by atoms with Crippen molar-refractivity contribution in [3.63, 3.8) is 0 Å². The molecule has 0 heterocycles. The van der Waals surface area contributed by atoms with Gasteiger partial charge in [-0.2, -0.15) is 0 Å². The summed E-state index contributed by atoms with van der Waals surface area (Å²) in [5.74, 6) is -1.12. The van der Waals surface area contributed by atoms with Crippen molar-refractivity contribution in [2.24, 2.45) is 0 Å². The summed E-state index contributed by atoms with van der Waals surface area (Å²) in [4.78, 5) is 31.0. The van der Waals surface area contributed by atoms with Crippen LogP contribution >= 0.6 is 0 Å². The van der Waals surface area contributed by atoms with Gasteiger partial charge in [0.1, 0.15) is 5.60 Å². The topological polar surface area (TPSA) is 82.1 Å². The molecule has 0 rings (SSSR count). The van der Waals surface area contributed by atoms with Crippen molar-refractivity contribution in [1.29, 1.82) is 0 Å². The lowest BCUT2D eigenvalue weighted by Crippen LogP contribution is -2.23. The molecule has 0 amide bonds. The molecule has 0 bridgehead atoms. The van der Waals surface area contributed by atoms with Crippen molar-refractivity contribution in [2.75, 3.05) is 13.2 Å². The van der Waals surface area contributed by atoms with Crippen LogP contribution in [-0.2, 0) is 24.1 Å². The molecule has 0 radical (unpaired) electrons. The van der Waals surface area contributed by atoms with Crippen LogP contribution in [0.1, 0.15) is 46.5 Å². The Hall–Kier alpha value is -1.14. The Balaban J connectivity index is 3.30. The summed E-state index contributed by atoms with van der Waals surface area (Å²) in [5.41, 5.74) is -0.467. The molecule has 6 nitrogen and oxygen atoms in total. The molecule has 0 spiro atoms. The van der Waals surface area contributed by atoms with E-state index < -0.39 is 11.6 Å². The second-order valence-electron chi connectivity index (χ2n) is 4.83. The normalized spacial score (nSPS) is 11.3. The maximum atomic E-state index is 11.3. The molecule has 18 heavy (non-hydrogen) atoms. The Labute approximate surface area is 107 Å². The molecule has 0 aliphatic carbocycles. The second kappa shape index (κ2) is 8.88. The van der Waals surface area contributed by atoms with E-state index in [4.69, 9.17) is 19.6 Å². The van der Waals surface area contributed by atoms with E-state index in [2.05, 4.69) is 0 Å². The van der Waals surface area contributed by atoms with E-state index >= 15 is 0 Å². The van der Waals surface area contributed by atoms with Gasteiger partial charge in [-0.3, -0.25) is 9.59 Å². The zero-order chi connectivity index (χ0) is 14.0. The lowest BCUT2D eigenvalue weighted by atomic mass is 10.2. The molecule has 0 aromatic carbocycles. The van der Waals surface area contributed by atoms with Crippen LogP contribution in [0.5, 0.6) is 0 Å². The highest BCUT2D eigenvalue weighted by atomic mass is 17.2. The fourth-order valence-corrected chi connectivity index (χ4v) is 1.07. The van der Waals surface area contributed by atoms with Crippen LogP contribution in [0.4, 0.5) is 0 Å². The summed E-state index contributed by atoms with van der Waals surface area (Å²) >= 11 is 0. The predicted molar refractivity (Wildman–Crippen MR) is 63.9 cm³/mol. The molecule has 6 heteroatoms. The van der Waals surface area contributed by atoms with Crippen molar-refractivity contribution >= 4 is 11.9 Å². The quantitative estimate of drug-likeness (QED) is 0.296. The maximum Gasteiger partial charge on any atom is 0.306 e. The van der Waals surface area contributed by atoms with Gasteiger partial charge in [-0.05, 0) is 33.6 Å². The van der Waals surface area contributed by atoms with E-state index in [0.29, 0.717) is 12.8 Å². The van der Waals surface area contributed by atoms with Gasteiger partial charge in [-0.15, -0.1) is 0 Å². The van der Waals surface area contributed by atoms with Crippen molar-refractivity contribution in [3.05, 3.63) is 0 Å². The third-order valence-corrected chi connectivity index (χ3v) is 1.73. The molecule has 0 atom stereocenters. The minimum atomic E-state index is -0.858. The van der Waals surface area contributed by atoms with E-state index in [1.54, 1.807) is 0 Å². The van der Waals surface area contributed by atoms with E-state index in [0.717, 1.165) is 0 Å². The summed E-state index contributed by atoms with van der Waals surface area (Å²) in [6.07, 6.45) is 1.24. The van der Waals surface area contributed by atoms with Crippen LogP contribution in [0.2, 0.25) is 0 Å². The van der Waals surface area contributed by atoms with E-state index in [9.17, 15) is 9.59 Å². The molecular weight excluding hydrogens is 240 g/mol. The molecule has 0 saturated heterocycles. The van der Waals surface area contributed by atoms with E-state index in [-0.39, 0.29) is 32.0 Å². The minimum absolute atomic E-state index is 0.0568. The van der Waals surface area contributed by atoms with Crippen LogP contribution in [-0.4, -0.2) is 35.9 Å². The van der Waals surface area contributed by atoms with Gasteiger partial charge in [-0.25, -0.2) is 9.78 Å². The van der Waals surface area contributed by atoms with Crippen molar-refractivity contribution in [2.45, 2.75) is 52.1 Å². The number of ether oxygens (including phenoxy) is 1. The Morgan fingerprint density at radius 2 is 1.50 bits per heavy atom. The number of hydrogen-bond acceptors (Lipinski definition) is 5. The zero-order valence-corrected chi connectivity index (χ0v) is 11.2. The number of carboxylic acids is 1. The van der Waals surface area contributed by atoms with Gasteiger partial charge in [0.15, 0.2) is 0 Å². The smallest absolute Gasteiger partial charge is 0.306 e. The first-order chi connectivity index (χ1) is 8.31. The van der Waals surface area contributed by atoms with E-state index in [1.165, 1.54) is 0 Å². The van der Waals surface area contributed by atoms with Crippen LogP contribution in [0.3, 0.4) is 0 Å². The average molecular weight is 262 g/mol. The summed E-state index contributed by atoms with van der Waals surface area (Å²) in [6.45, 7) is 5.96. The van der Waals surface area contributed by atoms with Gasteiger partial charge in [0.2, 0.25) is 0 Å². The third-order valence-electron chi connectivity index (χ3n) is 1.73. The van der Waals surface area contributed by atoms with Gasteiger partial charge >= 0.3 is 11.9 Å². The van der Waals surface area contributed by atoms with Crippen LogP contribution in [0, 0.1) is 0 Å². The zero-order valence-electron chi connectivity index (χ0n) is 11.2. The first-order valence-electron chi connectivity index (χ1n) is 5.99. The summed E-state index contributed by atoms with van der Waals surface area (Å²) < 4.78 is 5.11. The Bertz CT molecular complexity index is 256. The van der Waals surface area contributed by atoms with Gasteiger partial charge in [0.25, 0.3) is 0 Å². The highest BCUT2D eigenvalue weighted by Crippen LogP contribution is 2.09. The molecule has 0 aliphatic rings. The number of carboxylic acid groups (broad SMARTS) is 1. The molecule has 0 aromatic heterocycles. The lowest BCUT2D eigenvalue weighted by Gasteiger charge is -2.19. The average Bonchev–Trinajstić information content (AvgIpc) is 2.18. The van der Waals surface area contributed by atoms with Gasteiger partial charge in [0.05, 0.1) is 13.2 Å². The molecule has 0 saturated carbocycles. The fraction of sp³-hybridized carbons (Fsp3) is 0.833. The SMILES string of the molecule is CC(C)(C)OC(=O)CCCOOCCCC(=O)O. The van der Waals surface area contributed by atoms with E-state index in [1.807, 2.05) is 20.8 Å². The first-order valence-corrected chi connectivity index (χ1v) is 5.99. The van der Waals surface area contributed by atoms with Crippen molar-refractivity contribution in [3.8, 4) is 0 Å². The highest BCUT2D eigenvalue weighted by Gasteiger charge is 2.15. The summed E-state index contributed by atoms with van der Waals surface area (Å²) in [5, 5.41) is 8.36. The number of esters is 1. The highest BCUT2D eigenvalue weighted by molar-refractivity contribution is 5.69. The molecular formula is C12H22O6. The fourth-order valence-electron chi connectivity index (χ4n) is 1.07. The number of rotatable bonds is 9. The first kappa shape index (κ1) is 16.9. The molecule has 1 N–H and O–H groups in total. The number of carbonyl (C=O) groups is 2. The number of hydrogen-bond donors (Lipinski definition) is 1. The number of aliphatic carboxylic acids is 1. The Kier molecular flexibility index (Phi) is 8.32. The molecule has 0 fully saturated rings. The Morgan fingerprint density at radius 3 is 1.94 bits per heavy atom. The molecule has 0 aliphatic heterocycles. The second-order valence-corrected chi connectivity index (χ2v) is 4.83. The van der Waals surface area contributed by atoms with Crippen molar-refractivity contribution < 1.29 is 29.2 Å². The van der Waals surface area contributed by atoms with Crippen molar-refractivity contribution in [1.82, 2.24) is 0 Å². The van der Waals surface area contributed by atoms with Crippen LogP contribution < -0.4 is 0 Å². The van der Waals surface area contributed by atoms with Crippen LogP contribution in [0.25, 0.3) is 0 Å². The standard InChI is InChI=1S/C12H22O6/c1-12(2,3)18-11(15)7-5-9-17-16-8-4-6-10(13)14/h4-9H2,1-3H3,(H,13,14).